The summed E-state index contributed by atoms with van der Waals surface area (Å²) in [6.07, 6.45) is 2.08. The van der Waals surface area contributed by atoms with Gasteiger partial charge in [0.25, 0.3) is 0 Å². The van der Waals surface area contributed by atoms with Crippen molar-refractivity contribution in [2.24, 2.45) is 0 Å². The third-order valence-electron chi connectivity index (χ3n) is 1.71. The van der Waals surface area contributed by atoms with Crippen molar-refractivity contribution in [1.29, 1.82) is 0 Å². The zero-order chi connectivity index (χ0) is 10.6. The van der Waals surface area contributed by atoms with Gasteiger partial charge in [-0.15, -0.1) is 11.3 Å². The van der Waals surface area contributed by atoms with Gasteiger partial charge in [0.05, 0.1) is 4.34 Å². The highest BCUT2D eigenvalue weighted by molar-refractivity contribution is 7.16. The monoisotopic (exact) mass is 229 g/mol. The average Bonchev–Trinajstić information content (AvgIpc) is 2.50. The van der Waals surface area contributed by atoms with Crippen LogP contribution in [0.4, 0.5) is 0 Å². The molecular formula is C10H12ClNOS. The number of carbonyl (C=O) groups excluding carboxylic acids is 1. The fraction of sp³-hybridized carbons (Fsp3) is 0.300. The van der Waals surface area contributed by atoms with E-state index in [4.69, 9.17) is 11.6 Å². The summed E-state index contributed by atoms with van der Waals surface area (Å²) in [6, 6.07) is 3.95. The highest BCUT2D eigenvalue weighted by atomic mass is 35.5. The normalized spacial score (nSPS) is 12.1. The third-order valence-corrected chi connectivity index (χ3v) is 2.96. The maximum Gasteiger partial charge on any atom is 0.243 e. The van der Waals surface area contributed by atoms with Crippen molar-refractivity contribution in [1.82, 2.24) is 5.32 Å². The molecule has 0 aliphatic heterocycles. The maximum atomic E-state index is 11.0. The second-order valence-electron chi connectivity index (χ2n) is 3.02. The van der Waals surface area contributed by atoms with E-state index < -0.39 is 0 Å². The Labute approximate surface area is 92.6 Å². The first-order chi connectivity index (χ1) is 6.61. The first kappa shape index (κ1) is 11.3. The second kappa shape index (κ2) is 5.17. The van der Waals surface area contributed by atoms with E-state index in [1.54, 1.807) is 0 Å². The SMILES string of the molecule is C=CC(=O)NC(C)Cc1ccc(Cl)s1. The van der Waals surface area contributed by atoms with Crippen LogP contribution < -0.4 is 5.32 Å². The van der Waals surface area contributed by atoms with Crippen LogP contribution in [0.2, 0.25) is 4.34 Å². The lowest BCUT2D eigenvalue weighted by atomic mass is 10.2. The molecule has 1 amide bonds. The molecule has 0 saturated carbocycles. The number of hydrogen-bond donors (Lipinski definition) is 1. The van der Waals surface area contributed by atoms with Crippen LogP contribution in [0.15, 0.2) is 24.8 Å². The number of carbonyl (C=O) groups is 1. The van der Waals surface area contributed by atoms with Gasteiger partial charge < -0.3 is 5.32 Å². The van der Waals surface area contributed by atoms with Crippen molar-refractivity contribution in [2.75, 3.05) is 0 Å². The summed E-state index contributed by atoms with van der Waals surface area (Å²) >= 11 is 7.33. The molecule has 4 heteroatoms. The summed E-state index contributed by atoms with van der Waals surface area (Å²) in [5.41, 5.74) is 0. The summed E-state index contributed by atoms with van der Waals surface area (Å²) in [5.74, 6) is -0.139. The molecule has 0 bridgehead atoms. The molecule has 0 saturated heterocycles. The van der Waals surface area contributed by atoms with Crippen molar-refractivity contribution >= 4 is 28.8 Å². The Kier molecular flexibility index (Phi) is 4.17. The summed E-state index contributed by atoms with van der Waals surface area (Å²) in [6.45, 7) is 5.35. The van der Waals surface area contributed by atoms with E-state index in [2.05, 4.69) is 11.9 Å². The summed E-state index contributed by atoms with van der Waals surface area (Å²) in [4.78, 5) is 12.1. The van der Waals surface area contributed by atoms with Crippen LogP contribution >= 0.6 is 22.9 Å². The summed E-state index contributed by atoms with van der Waals surface area (Å²) in [7, 11) is 0. The lowest BCUT2D eigenvalue weighted by molar-refractivity contribution is -0.117. The summed E-state index contributed by atoms with van der Waals surface area (Å²) in [5, 5.41) is 2.79. The van der Waals surface area contributed by atoms with Crippen LogP contribution in [0.3, 0.4) is 0 Å². The fourth-order valence-corrected chi connectivity index (χ4v) is 2.33. The quantitative estimate of drug-likeness (QED) is 0.791. The van der Waals surface area contributed by atoms with E-state index in [0.29, 0.717) is 0 Å². The molecule has 1 aromatic rings. The van der Waals surface area contributed by atoms with Crippen molar-refractivity contribution in [2.45, 2.75) is 19.4 Å². The lowest BCUT2D eigenvalue weighted by Gasteiger charge is -2.10. The van der Waals surface area contributed by atoms with E-state index in [0.717, 1.165) is 10.8 Å². The molecule has 1 rings (SSSR count). The zero-order valence-corrected chi connectivity index (χ0v) is 9.49. The number of thiophene rings is 1. The molecule has 0 aromatic carbocycles. The number of halogens is 1. The smallest absolute Gasteiger partial charge is 0.243 e. The van der Waals surface area contributed by atoms with E-state index in [-0.39, 0.29) is 11.9 Å². The van der Waals surface area contributed by atoms with E-state index >= 15 is 0 Å². The minimum absolute atomic E-state index is 0.107. The van der Waals surface area contributed by atoms with Gasteiger partial charge in [0.15, 0.2) is 0 Å². The first-order valence-corrected chi connectivity index (χ1v) is 5.48. The Bertz CT molecular complexity index is 335. The van der Waals surface area contributed by atoms with Crippen LogP contribution in [-0.2, 0) is 11.2 Å². The number of nitrogens with one attached hydrogen (secondary N) is 1. The van der Waals surface area contributed by atoms with Crippen LogP contribution in [0, 0.1) is 0 Å². The molecule has 0 aliphatic rings. The highest BCUT2D eigenvalue weighted by Gasteiger charge is 2.06. The molecule has 1 unspecified atom stereocenters. The topological polar surface area (TPSA) is 29.1 Å². The fourth-order valence-electron chi connectivity index (χ4n) is 1.12. The predicted octanol–water partition coefficient (Wildman–Crippen LogP) is 2.63. The Hall–Kier alpha value is -0.800. The molecule has 2 nitrogen and oxygen atoms in total. The number of amides is 1. The van der Waals surface area contributed by atoms with Gasteiger partial charge in [-0.3, -0.25) is 4.79 Å². The van der Waals surface area contributed by atoms with Crippen LogP contribution in [0.5, 0.6) is 0 Å². The van der Waals surface area contributed by atoms with E-state index in [1.165, 1.54) is 22.3 Å². The van der Waals surface area contributed by atoms with Gasteiger partial charge in [-0.2, -0.15) is 0 Å². The molecule has 0 spiro atoms. The van der Waals surface area contributed by atoms with Gasteiger partial charge in [0, 0.05) is 17.3 Å². The zero-order valence-electron chi connectivity index (χ0n) is 7.92. The molecule has 14 heavy (non-hydrogen) atoms. The molecule has 1 heterocycles. The second-order valence-corrected chi connectivity index (χ2v) is 4.82. The van der Waals surface area contributed by atoms with Crippen LogP contribution in [0.25, 0.3) is 0 Å². The van der Waals surface area contributed by atoms with Gasteiger partial charge >= 0.3 is 0 Å². The molecule has 0 fully saturated rings. The minimum Gasteiger partial charge on any atom is -0.350 e. The Morgan fingerprint density at radius 3 is 3.00 bits per heavy atom. The van der Waals surface area contributed by atoms with Crippen molar-refractivity contribution in [3.8, 4) is 0 Å². The van der Waals surface area contributed by atoms with Gasteiger partial charge in [-0.05, 0) is 25.1 Å². The Balaban J connectivity index is 2.44. The van der Waals surface area contributed by atoms with Gasteiger partial charge in [-0.25, -0.2) is 0 Å². The largest absolute Gasteiger partial charge is 0.350 e. The van der Waals surface area contributed by atoms with Gasteiger partial charge in [0.2, 0.25) is 5.91 Å². The van der Waals surface area contributed by atoms with Crippen molar-refractivity contribution < 1.29 is 4.79 Å². The molecule has 1 N–H and O–H groups in total. The Morgan fingerprint density at radius 1 is 1.79 bits per heavy atom. The summed E-state index contributed by atoms with van der Waals surface area (Å²) < 4.78 is 0.780. The Morgan fingerprint density at radius 2 is 2.50 bits per heavy atom. The molecule has 1 aromatic heterocycles. The van der Waals surface area contributed by atoms with Crippen LogP contribution in [-0.4, -0.2) is 11.9 Å². The standard InChI is InChI=1S/C10H12ClNOS/c1-3-10(13)12-7(2)6-8-4-5-9(11)14-8/h3-5,7H,1,6H2,2H3,(H,12,13). The van der Waals surface area contributed by atoms with Crippen LogP contribution in [0.1, 0.15) is 11.8 Å². The van der Waals surface area contributed by atoms with Gasteiger partial charge in [0.1, 0.15) is 0 Å². The predicted molar refractivity (Wildman–Crippen MR) is 60.8 cm³/mol. The van der Waals surface area contributed by atoms with Crippen molar-refractivity contribution in [3.63, 3.8) is 0 Å². The first-order valence-electron chi connectivity index (χ1n) is 4.29. The van der Waals surface area contributed by atoms with Gasteiger partial charge in [-0.1, -0.05) is 18.2 Å². The maximum absolute atomic E-state index is 11.0. The van der Waals surface area contributed by atoms with Crippen molar-refractivity contribution in [3.05, 3.63) is 34.0 Å². The third kappa shape index (κ3) is 3.52. The molecular weight excluding hydrogens is 218 g/mol. The molecule has 76 valence electrons. The average molecular weight is 230 g/mol. The minimum atomic E-state index is -0.139. The number of rotatable bonds is 4. The van der Waals surface area contributed by atoms with E-state index in [1.807, 2.05) is 19.1 Å². The number of hydrogen-bond acceptors (Lipinski definition) is 2. The molecule has 1 atom stereocenters. The molecule has 0 radical (unpaired) electrons. The van der Waals surface area contributed by atoms with E-state index in [9.17, 15) is 4.79 Å². The lowest BCUT2D eigenvalue weighted by Crippen LogP contribution is -2.32. The highest BCUT2D eigenvalue weighted by Crippen LogP contribution is 2.22. The molecule has 0 aliphatic carbocycles.